The average Bonchev–Trinajstić information content (AvgIpc) is 3.07. The summed E-state index contributed by atoms with van der Waals surface area (Å²) in [6, 6.07) is 50.9. The first-order valence-electron chi connectivity index (χ1n) is 14.1. The molecule has 6 aromatic carbocycles. The van der Waals surface area contributed by atoms with Crippen LogP contribution in [0.4, 0.5) is 0 Å². The fourth-order valence-corrected chi connectivity index (χ4v) is 6.00. The van der Waals surface area contributed by atoms with Gasteiger partial charge in [0, 0.05) is 17.3 Å². The molecule has 0 atom stereocenters. The van der Waals surface area contributed by atoms with E-state index in [2.05, 4.69) is 114 Å². The molecule has 0 aliphatic rings. The van der Waals surface area contributed by atoms with Gasteiger partial charge in [-0.05, 0) is 67.7 Å². The summed E-state index contributed by atoms with van der Waals surface area (Å²) in [6.07, 6.45) is 1.81. The second kappa shape index (κ2) is 10.1. The predicted molar refractivity (Wildman–Crippen MR) is 174 cm³/mol. The number of aromatic nitrogens is 3. The second-order valence-electron chi connectivity index (χ2n) is 10.4. The molecule has 196 valence electrons. The van der Waals surface area contributed by atoms with Gasteiger partial charge >= 0.3 is 0 Å². The fourth-order valence-electron chi connectivity index (χ4n) is 6.00. The standard InChI is InChI=1S/C39H25N3/c1-2-13-27(14-3-1)39-41-35(34-20-10-11-23-40-34)25-36(42-39)38-32-18-8-6-16-30(32)37(31-17-7-9-19-33(31)38)29-22-21-26-12-4-5-15-28(26)24-29/h1-25H. The Balaban J connectivity index is 1.46. The maximum Gasteiger partial charge on any atom is 0.160 e. The van der Waals surface area contributed by atoms with Gasteiger partial charge in [-0.1, -0.05) is 121 Å². The summed E-state index contributed by atoms with van der Waals surface area (Å²) in [4.78, 5) is 14.8. The largest absolute Gasteiger partial charge is 0.255 e. The topological polar surface area (TPSA) is 38.7 Å². The molecule has 0 amide bonds. The van der Waals surface area contributed by atoms with Crippen molar-refractivity contribution in [2.45, 2.75) is 0 Å². The predicted octanol–water partition coefficient (Wildman–Crippen LogP) is 10.00. The number of benzene rings is 6. The van der Waals surface area contributed by atoms with Gasteiger partial charge in [0.05, 0.1) is 17.1 Å². The third-order valence-electron chi connectivity index (χ3n) is 7.91. The summed E-state index contributed by atoms with van der Waals surface area (Å²) >= 11 is 0. The number of rotatable bonds is 4. The summed E-state index contributed by atoms with van der Waals surface area (Å²) in [6.45, 7) is 0. The quantitative estimate of drug-likeness (QED) is 0.211. The zero-order chi connectivity index (χ0) is 27.9. The molecule has 0 N–H and O–H groups in total. The number of hydrogen-bond donors (Lipinski definition) is 0. The molecular weight excluding hydrogens is 510 g/mol. The molecule has 0 saturated heterocycles. The molecule has 0 spiro atoms. The number of pyridine rings is 1. The summed E-state index contributed by atoms with van der Waals surface area (Å²) in [5.74, 6) is 0.681. The highest BCUT2D eigenvalue weighted by Crippen LogP contribution is 2.44. The van der Waals surface area contributed by atoms with E-state index in [1.54, 1.807) is 0 Å². The van der Waals surface area contributed by atoms with Gasteiger partial charge in [-0.25, -0.2) is 9.97 Å². The Morgan fingerprint density at radius 1 is 0.357 bits per heavy atom. The van der Waals surface area contributed by atoms with Crippen molar-refractivity contribution in [3.63, 3.8) is 0 Å². The van der Waals surface area contributed by atoms with Gasteiger partial charge in [-0.3, -0.25) is 4.98 Å². The van der Waals surface area contributed by atoms with E-state index in [0.717, 1.165) is 39.0 Å². The Hall–Kier alpha value is -5.67. The number of hydrogen-bond acceptors (Lipinski definition) is 3. The molecule has 0 aliphatic heterocycles. The van der Waals surface area contributed by atoms with Crippen molar-refractivity contribution in [3.8, 4) is 45.2 Å². The van der Waals surface area contributed by atoms with Gasteiger partial charge in [0.1, 0.15) is 0 Å². The molecule has 2 heterocycles. The van der Waals surface area contributed by atoms with Crippen LogP contribution in [0.5, 0.6) is 0 Å². The molecule has 0 fully saturated rings. The van der Waals surface area contributed by atoms with Crippen LogP contribution in [0.3, 0.4) is 0 Å². The summed E-state index contributed by atoms with van der Waals surface area (Å²) in [5.41, 5.74) is 7.00. The molecule has 8 rings (SSSR count). The van der Waals surface area contributed by atoms with E-state index >= 15 is 0 Å². The maximum atomic E-state index is 5.20. The minimum atomic E-state index is 0.681. The number of fused-ring (bicyclic) bond motifs is 3. The summed E-state index contributed by atoms with van der Waals surface area (Å²) in [7, 11) is 0. The van der Waals surface area contributed by atoms with E-state index in [4.69, 9.17) is 9.97 Å². The van der Waals surface area contributed by atoms with Crippen LogP contribution in [-0.2, 0) is 0 Å². The molecule has 2 aromatic heterocycles. The second-order valence-corrected chi connectivity index (χ2v) is 10.4. The first-order valence-corrected chi connectivity index (χ1v) is 14.1. The van der Waals surface area contributed by atoms with Crippen LogP contribution in [0.15, 0.2) is 152 Å². The van der Waals surface area contributed by atoms with Crippen LogP contribution < -0.4 is 0 Å². The van der Waals surface area contributed by atoms with E-state index in [-0.39, 0.29) is 0 Å². The third-order valence-corrected chi connectivity index (χ3v) is 7.91. The minimum Gasteiger partial charge on any atom is -0.255 e. The lowest BCUT2D eigenvalue weighted by atomic mass is 9.86. The van der Waals surface area contributed by atoms with E-state index in [9.17, 15) is 0 Å². The van der Waals surface area contributed by atoms with Crippen LogP contribution >= 0.6 is 0 Å². The van der Waals surface area contributed by atoms with Gasteiger partial charge in [0.2, 0.25) is 0 Å². The highest BCUT2D eigenvalue weighted by molar-refractivity contribution is 6.21. The third kappa shape index (κ3) is 4.11. The highest BCUT2D eigenvalue weighted by atomic mass is 14.9. The fraction of sp³-hybridized carbons (Fsp3) is 0. The van der Waals surface area contributed by atoms with Crippen molar-refractivity contribution in [1.29, 1.82) is 0 Å². The molecule has 0 radical (unpaired) electrons. The Morgan fingerprint density at radius 3 is 1.64 bits per heavy atom. The van der Waals surface area contributed by atoms with E-state index in [1.807, 2.05) is 42.6 Å². The van der Waals surface area contributed by atoms with Crippen molar-refractivity contribution in [2.75, 3.05) is 0 Å². The van der Waals surface area contributed by atoms with Gasteiger partial charge in [-0.15, -0.1) is 0 Å². The molecule has 8 aromatic rings. The van der Waals surface area contributed by atoms with Crippen LogP contribution in [0, 0.1) is 0 Å². The monoisotopic (exact) mass is 535 g/mol. The Labute approximate surface area is 243 Å². The van der Waals surface area contributed by atoms with Crippen molar-refractivity contribution in [3.05, 3.63) is 152 Å². The molecule has 0 saturated carbocycles. The van der Waals surface area contributed by atoms with Crippen LogP contribution in [-0.4, -0.2) is 15.0 Å². The summed E-state index contributed by atoms with van der Waals surface area (Å²) in [5, 5.41) is 7.17. The normalized spacial score (nSPS) is 11.3. The average molecular weight is 536 g/mol. The smallest absolute Gasteiger partial charge is 0.160 e. The SMILES string of the molecule is c1ccc(-c2nc(-c3ccccn3)cc(-c3c4ccccc4c(-c4ccc5ccccc5c4)c4ccccc34)n2)cc1. The molecule has 0 bridgehead atoms. The molecule has 0 aliphatic carbocycles. The first-order chi connectivity index (χ1) is 20.8. The van der Waals surface area contributed by atoms with Gasteiger partial charge in [0.15, 0.2) is 5.82 Å². The Morgan fingerprint density at radius 2 is 0.952 bits per heavy atom. The van der Waals surface area contributed by atoms with Crippen molar-refractivity contribution < 1.29 is 0 Å². The van der Waals surface area contributed by atoms with Crippen LogP contribution in [0.25, 0.3) is 77.5 Å². The van der Waals surface area contributed by atoms with Gasteiger partial charge in [0.25, 0.3) is 0 Å². The maximum absolute atomic E-state index is 5.20. The van der Waals surface area contributed by atoms with Crippen molar-refractivity contribution >= 4 is 32.3 Å². The minimum absolute atomic E-state index is 0.681. The van der Waals surface area contributed by atoms with Gasteiger partial charge in [-0.2, -0.15) is 0 Å². The molecule has 3 heteroatoms. The lowest BCUT2D eigenvalue weighted by Gasteiger charge is -2.18. The van der Waals surface area contributed by atoms with E-state index in [1.165, 1.54) is 32.7 Å². The molecular formula is C39H25N3. The molecule has 3 nitrogen and oxygen atoms in total. The zero-order valence-corrected chi connectivity index (χ0v) is 22.8. The van der Waals surface area contributed by atoms with E-state index in [0.29, 0.717) is 5.82 Å². The van der Waals surface area contributed by atoms with Gasteiger partial charge < -0.3 is 0 Å². The zero-order valence-electron chi connectivity index (χ0n) is 22.8. The lowest BCUT2D eigenvalue weighted by molar-refractivity contribution is 1.17. The molecule has 0 unspecified atom stereocenters. The van der Waals surface area contributed by atoms with Crippen LogP contribution in [0.2, 0.25) is 0 Å². The van der Waals surface area contributed by atoms with Crippen molar-refractivity contribution in [1.82, 2.24) is 15.0 Å². The van der Waals surface area contributed by atoms with E-state index < -0.39 is 0 Å². The van der Waals surface area contributed by atoms with Crippen LogP contribution in [0.1, 0.15) is 0 Å². The highest BCUT2D eigenvalue weighted by Gasteiger charge is 2.19. The first kappa shape index (κ1) is 24.2. The Bertz CT molecular complexity index is 2120. The van der Waals surface area contributed by atoms with Crippen molar-refractivity contribution in [2.24, 2.45) is 0 Å². The summed E-state index contributed by atoms with van der Waals surface area (Å²) < 4.78 is 0. The Kier molecular flexibility index (Phi) is 5.79. The molecule has 42 heavy (non-hydrogen) atoms. The lowest BCUT2D eigenvalue weighted by Crippen LogP contribution is -1.98. The number of nitrogens with zero attached hydrogens (tertiary/aromatic N) is 3.